The predicted molar refractivity (Wildman–Crippen MR) is 105 cm³/mol. The van der Waals surface area contributed by atoms with E-state index in [4.69, 9.17) is 0 Å². The summed E-state index contributed by atoms with van der Waals surface area (Å²) in [7, 11) is 0. The summed E-state index contributed by atoms with van der Waals surface area (Å²) in [6, 6.07) is 17.9. The van der Waals surface area contributed by atoms with Crippen LogP contribution in [0.5, 0.6) is 0 Å². The molecule has 0 bridgehead atoms. The van der Waals surface area contributed by atoms with Gasteiger partial charge in [-0.2, -0.15) is 5.10 Å². The van der Waals surface area contributed by atoms with E-state index in [-0.39, 0.29) is 5.91 Å². The molecule has 0 unspecified atom stereocenters. The van der Waals surface area contributed by atoms with Crippen molar-refractivity contribution in [3.63, 3.8) is 0 Å². The van der Waals surface area contributed by atoms with Crippen LogP contribution in [0.3, 0.4) is 0 Å². The van der Waals surface area contributed by atoms with Crippen LogP contribution in [0.4, 0.5) is 0 Å². The molecular formula is C21H21N5O. The first-order chi connectivity index (χ1) is 13.3. The number of nitrogens with zero attached hydrogens (tertiary/aromatic N) is 3. The Bertz CT molecular complexity index is 1000. The third-order valence-corrected chi connectivity index (χ3v) is 4.42. The van der Waals surface area contributed by atoms with Crippen molar-refractivity contribution in [3.8, 4) is 5.69 Å². The summed E-state index contributed by atoms with van der Waals surface area (Å²) >= 11 is 0. The van der Waals surface area contributed by atoms with Crippen molar-refractivity contribution in [2.24, 2.45) is 0 Å². The fourth-order valence-electron chi connectivity index (χ4n) is 3.00. The van der Waals surface area contributed by atoms with E-state index in [1.165, 1.54) is 0 Å². The van der Waals surface area contributed by atoms with Crippen molar-refractivity contribution >= 4 is 16.9 Å². The first-order valence-corrected chi connectivity index (χ1v) is 9.07. The fraction of sp³-hybridized carbons (Fsp3) is 0.190. The number of amides is 1. The van der Waals surface area contributed by atoms with Gasteiger partial charge < -0.3 is 10.3 Å². The third-order valence-electron chi connectivity index (χ3n) is 4.42. The smallest absolute Gasteiger partial charge is 0.220 e. The van der Waals surface area contributed by atoms with Crippen LogP contribution in [0.15, 0.2) is 67.0 Å². The zero-order valence-corrected chi connectivity index (χ0v) is 14.9. The molecule has 0 fully saturated rings. The standard InChI is InChI=1S/C21H21N5O/c27-21(22-13-12-20-24-18-8-4-5-9-19(18)25-20)11-10-16-14-23-26(15-16)17-6-2-1-3-7-17/h1-9,14-15H,10-13H2,(H,22,27)(H,24,25). The average molecular weight is 359 g/mol. The van der Waals surface area contributed by atoms with Gasteiger partial charge in [-0.05, 0) is 36.2 Å². The minimum atomic E-state index is 0.0403. The molecule has 0 spiro atoms. The molecule has 4 aromatic rings. The lowest BCUT2D eigenvalue weighted by Gasteiger charge is -2.03. The highest BCUT2D eigenvalue weighted by atomic mass is 16.1. The number of nitrogens with one attached hydrogen (secondary N) is 2. The number of hydrogen-bond donors (Lipinski definition) is 2. The van der Waals surface area contributed by atoms with Gasteiger partial charge in [-0.1, -0.05) is 30.3 Å². The minimum Gasteiger partial charge on any atom is -0.356 e. The van der Waals surface area contributed by atoms with Gasteiger partial charge in [0.2, 0.25) is 5.91 Å². The van der Waals surface area contributed by atoms with E-state index in [0.717, 1.165) is 28.1 Å². The van der Waals surface area contributed by atoms with Crippen LogP contribution in [0.1, 0.15) is 17.8 Å². The summed E-state index contributed by atoms with van der Waals surface area (Å²) < 4.78 is 1.83. The van der Waals surface area contributed by atoms with E-state index < -0.39 is 0 Å². The normalized spacial score (nSPS) is 11.0. The Morgan fingerprint density at radius 1 is 1.04 bits per heavy atom. The van der Waals surface area contributed by atoms with Gasteiger partial charge in [0.1, 0.15) is 5.82 Å². The molecule has 136 valence electrons. The Labute approximate surface area is 157 Å². The van der Waals surface area contributed by atoms with Crippen LogP contribution in [0, 0.1) is 0 Å². The van der Waals surface area contributed by atoms with Crippen molar-refractivity contribution in [1.82, 2.24) is 25.1 Å². The summed E-state index contributed by atoms with van der Waals surface area (Å²) in [5, 5.41) is 7.32. The maximum Gasteiger partial charge on any atom is 0.220 e. The van der Waals surface area contributed by atoms with Crippen LogP contribution in [-0.2, 0) is 17.6 Å². The highest BCUT2D eigenvalue weighted by Crippen LogP contribution is 2.11. The lowest BCUT2D eigenvalue weighted by atomic mass is 10.2. The Morgan fingerprint density at radius 2 is 1.85 bits per heavy atom. The van der Waals surface area contributed by atoms with E-state index in [1.54, 1.807) is 0 Å². The summed E-state index contributed by atoms with van der Waals surface area (Å²) in [4.78, 5) is 19.9. The second kappa shape index (κ2) is 7.86. The highest BCUT2D eigenvalue weighted by molar-refractivity contribution is 5.76. The van der Waals surface area contributed by atoms with Gasteiger partial charge in [0.05, 0.1) is 22.9 Å². The summed E-state index contributed by atoms with van der Waals surface area (Å²) in [6.07, 6.45) is 5.59. The maximum absolute atomic E-state index is 12.1. The molecule has 0 aliphatic rings. The van der Waals surface area contributed by atoms with E-state index in [0.29, 0.717) is 25.8 Å². The largest absolute Gasteiger partial charge is 0.356 e. The van der Waals surface area contributed by atoms with Gasteiger partial charge in [-0.15, -0.1) is 0 Å². The summed E-state index contributed by atoms with van der Waals surface area (Å²) in [5.41, 5.74) is 4.04. The number of para-hydroxylation sites is 3. The molecule has 2 aromatic carbocycles. The maximum atomic E-state index is 12.1. The zero-order chi connectivity index (χ0) is 18.5. The lowest BCUT2D eigenvalue weighted by molar-refractivity contribution is -0.121. The molecule has 0 saturated heterocycles. The predicted octanol–water partition coefficient (Wildman–Crippen LogP) is 3.04. The molecule has 2 aromatic heterocycles. The van der Waals surface area contributed by atoms with Gasteiger partial charge in [-0.3, -0.25) is 4.79 Å². The number of carbonyl (C=O) groups is 1. The Hall–Kier alpha value is -3.41. The SMILES string of the molecule is O=C(CCc1cnn(-c2ccccc2)c1)NCCc1nc2ccccc2[nH]1. The lowest BCUT2D eigenvalue weighted by Crippen LogP contribution is -2.26. The van der Waals surface area contributed by atoms with Crippen molar-refractivity contribution in [1.29, 1.82) is 0 Å². The van der Waals surface area contributed by atoms with E-state index >= 15 is 0 Å². The molecule has 6 heteroatoms. The number of aromatic amines is 1. The molecule has 0 aliphatic carbocycles. The summed E-state index contributed by atoms with van der Waals surface area (Å²) in [5.74, 6) is 0.930. The van der Waals surface area contributed by atoms with Crippen LogP contribution in [0.2, 0.25) is 0 Å². The van der Waals surface area contributed by atoms with Crippen molar-refractivity contribution in [3.05, 3.63) is 78.4 Å². The highest BCUT2D eigenvalue weighted by Gasteiger charge is 2.06. The quantitative estimate of drug-likeness (QED) is 0.532. The number of imidazole rings is 1. The number of H-pyrrole nitrogens is 1. The number of fused-ring (bicyclic) bond motifs is 1. The monoisotopic (exact) mass is 359 g/mol. The van der Waals surface area contributed by atoms with Crippen LogP contribution < -0.4 is 5.32 Å². The molecular weight excluding hydrogens is 338 g/mol. The van der Waals surface area contributed by atoms with Gasteiger partial charge >= 0.3 is 0 Å². The Morgan fingerprint density at radius 3 is 2.70 bits per heavy atom. The van der Waals surface area contributed by atoms with E-state index in [2.05, 4.69) is 20.4 Å². The van der Waals surface area contributed by atoms with Crippen LogP contribution in [0.25, 0.3) is 16.7 Å². The average Bonchev–Trinajstić information content (AvgIpc) is 3.34. The minimum absolute atomic E-state index is 0.0403. The van der Waals surface area contributed by atoms with Gasteiger partial charge in [0.15, 0.2) is 0 Å². The van der Waals surface area contributed by atoms with Crippen molar-refractivity contribution in [2.75, 3.05) is 6.54 Å². The third kappa shape index (κ3) is 4.23. The Balaban J connectivity index is 1.23. The molecule has 1 amide bonds. The van der Waals surface area contributed by atoms with E-state index in [1.807, 2.05) is 71.7 Å². The van der Waals surface area contributed by atoms with Crippen LogP contribution in [-0.4, -0.2) is 32.2 Å². The fourth-order valence-corrected chi connectivity index (χ4v) is 3.00. The second-order valence-corrected chi connectivity index (χ2v) is 6.43. The number of benzene rings is 2. The summed E-state index contributed by atoms with van der Waals surface area (Å²) in [6.45, 7) is 0.571. The first-order valence-electron chi connectivity index (χ1n) is 9.07. The number of rotatable bonds is 7. The van der Waals surface area contributed by atoms with Gasteiger partial charge in [0.25, 0.3) is 0 Å². The van der Waals surface area contributed by atoms with Crippen molar-refractivity contribution in [2.45, 2.75) is 19.3 Å². The molecule has 0 saturated carbocycles. The topological polar surface area (TPSA) is 75.6 Å². The molecule has 0 radical (unpaired) electrons. The molecule has 0 aliphatic heterocycles. The first kappa shape index (κ1) is 17.0. The Kier molecular flexibility index (Phi) is 4.96. The molecule has 2 heterocycles. The number of carbonyl (C=O) groups excluding carboxylic acids is 1. The molecule has 4 rings (SSSR count). The van der Waals surface area contributed by atoms with Gasteiger partial charge in [-0.25, -0.2) is 9.67 Å². The van der Waals surface area contributed by atoms with Crippen LogP contribution >= 0.6 is 0 Å². The number of hydrogen-bond acceptors (Lipinski definition) is 3. The molecule has 0 atom stereocenters. The van der Waals surface area contributed by atoms with Gasteiger partial charge in [0, 0.05) is 25.6 Å². The van der Waals surface area contributed by atoms with Crippen molar-refractivity contribution < 1.29 is 4.79 Å². The zero-order valence-electron chi connectivity index (χ0n) is 14.9. The molecule has 6 nitrogen and oxygen atoms in total. The number of aromatic nitrogens is 4. The second-order valence-electron chi connectivity index (χ2n) is 6.43. The molecule has 2 N–H and O–H groups in total. The number of aryl methyl sites for hydroxylation is 1. The van der Waals surface area contributed by atoms with E-state index in [9.17, 15) is 4.79 Å². The molecule has 27 heavy (non-hydrogen) atoms.